The van der Waals surface area contributed by atoms with Gasteiger partial charge in [0.15, 0.2) is 5.78 Å². The molecule has 2 aromatic rings. The van der Waals surface area contributed by atoms with Gasteiger partial charge in [0, 0.05) is 6.04 Å². The van der Waals surface area contributed by atoms with E-state index in [0.29, 0.717) is 6.42 Å². The number of carboxylic acid groups (broad SMARTS) is 1. The molecule has 0 aliphatic heterocycles. The van der Waals surface area contributed by atoms with Crippen LogP contribution < -0.4 is 10.6 Å². The summed E-state index contributed by atoms with van der Waals surface area (Å²) in [6.07, 6.45) is 0.636. The van der Waals surface area contributed by atoms with E-state index in [-0.39, 0.29) is 19.2 Å². The third-order valence-corrected chi connectivity index (χ3v) is 4.40. The Morgan fingerprint density at radius 1 is 1.03 bits per heavy atom. The van der Waals surface area contributed by atoms with E-state index in [1.807, 2.05) is 60.7 Å². The quantitative estimate of drug-likeness (QED) is 0.465. The third-order valence-electron chi connectivity index (χ3n) is 4.40. The highest BCUT2D eigenvalue weighted by atomic mass is 16.5. The zero-order chi connectivity index (χ0) is 21.8. The highest BCUT2D eigenvalue weighted by Crippen LogP contribution is 2.18. The van der Waals surface area contributed by atoms with Gasteiger partial charge in [-0.15, -0.1) is 0 Å². The Bertz CT molecular complexity index is 839. The fraction of sp³-hybridized carbons (Fsp3) is 0.261. The van der Waals surface area contributed by atoms with Crippen LogP contribution in [-0.4, -0.2) is 42.1 Å². The van der Waals surface area contributed by atoms with E-state index in [2.05, 4.69) is 17.2 Å². The van der Waals surface area contributed by atoms with E-state index in [4.69, 9.17) is 9.84 Å². The summed E-state index contributed by atoms with van der Waals surface area (Å²) < 4.78 is 4.79. The number of carbonyl (C=O) groups excluding carboxylic acids is 2. The summed E-state index contributed by atoms with van der Waals surface area (Å²) in [5.74, 6) is -1.64. The third kappa shape index (κ3) is 7.89. The Morgan fingerprint density at radius 2 is 1.67 bits per heavy atom. The second-order valence-corrected chi connectivity index (χ2v) is 6.68. The first-order valence-corrected chi connectivity index (χ1v) is 9.60. The van der Waals surface area contributed by atoms with Gasteiger partial charge in [-0.05, 0) is 17.5 Å². The normalized spacial score (nSPS) is 12.4. The zero-order valence-electron chi connectivity index (χ0n) is 16.6. The van der Waals surface area contributed by atoms with Gasteiger partial charge >= 0.3 is 12.1 Å². The first-order valence-electron chi connectivity index (χ1n) is 9.60. The zero-order valence-corrected chi connectivity index (χ0v) is 16.6. The number of carbonyl (C=O) groups is 3. The summed E-state index contributed by atoms with van der Waals surface area (Å²) in [5.41, 5.74) is 2.10. The molecule has 0 spiro atoms. The topological polar surface area (TPSA) is 105 Å². The second-order valence-electron chi connectivity index (χ2n) is 6.68. The van der Waals surface area contributed by atoms with Crippen molar-refractivity contribution in [3.63, 3.8) is 0 Å². The van der Waals surface area contributed by atoms with Crippen molar-refractivity contribution in [3.8, 4) is 0 Å². The molecular weight excluding hydrogens is 384 g/mol. The summed E-state index contributed by atoms with van der Waals surface area (Å²) in [5, 5.41) is 14.6. The highest BCUT2D eigenvalue weighted by Gasteiger charge is 2.25. The molecule has 3 N–H and O–H groups in total. The molecule has 0 bridgehead atoms. The van der Waals surface area contributed by atoms with E-state index in [1.54, 1.807) is 0 Å². The monoisotopic (exact) mass is 410 g/mol. The second kappa shape index (κ2) is 12.2. The van der Waals surface area contributed by atoms with Gasteiger partial charge in [0.05, 0.1) is 13.0 Å². The largest absolute Gasteiger partial charge is 0.481 e. The van der Waals surface area contributed by atoms with Gasteiger partial charge in [0.1, 0.15) is 12.6 Å². The van der Waals surface area contributed by atoms with Crippen LogP contribution in [0.1, 0.15) is 23.6 Å². The predicted molar refractivity (Wildman–Crippen MR) is 113 cm³/mol. The summed E-state index contributed by atoms with van der Waals surface area (Å²) in [4.78, 5) is 35.5. The average molecular weight is 410 g/mol. The van der Waals surface area contributed by atoms with Gasteiger partial charge in [-0.3, -0.25) is 9.59 Å². The standard InChI is InChI=1S/C23H26N2O5/c1-2-13-30-23(29)25-20(15-22(27)28)21(26)16-24-19(18-11-7-4-8-12-18)14-17-9-5-3-6-10-17/h2-12,19-20,24H,1,13-16H2,(H,25,29)(H,27,28)/t19?,20-/m0/s1. The molecule has 7 heteroatoms. The molecule has 0 saturated carbocycles. The number of alkyl carbamates (subject to hydrolysis) is 1. The smallest absolute Gasteiger partial charge is 0.408 e. The first-order chi connectivity index (χ1) is 14.5. The molecule has 1 amide bonds. The van der Waals surface area contributed by atoms with Crippen LogP contribution in [0.2, 0.25) is 0 Å². The number of hydrogen-bond donors (Lipinski definition) is 3. The van der Waals surface area contributed by atoms with Gasteiger partial charge in [-0.25, -0.2) is 4.79 Å². The molecule has 0 saturated heterocycles. The Morgan fingerprint density at radius 3 is 2.27 bits per heavy atom. The molecule has 2 rings (SSSR count). The fourth-order valence-electron chi connectivity index (χ4n) is 2.93. The summed E-state index contributed by atoms with van der Waals surface area (Å²) in [6, 6.07) is 18.2. The Hall–Kier alpha value is -3.45. The van der Waals surface area contributed by atoms with Crippen LogP contribution in [0, 0.1) is 0 Å². The van der Waals surface area contributed by atoms with Crippen molar-refractivity contribution in [2.24, 2.45) is 0 Å². The molecule has 1 unspecified atom stereocenters. The molecule has 2 atom stereocenters. The van der Waals surface area contributed by atoms with Crippen LogP contribution in [-0.2, 0) is 20.7 Å². The van der Waals surface area contributed by atoms with Crippen molar-refractivity contribution in [2.45, 2.75) is 24.9 Å². The minimum atomic E-state index is -1.19. The molecule has 7 nitrogen and oxygen atoms in total. The van der Waals surface area contributed by atoms with Crippen molar-refractivity contribution >= 4 is 17.8 Å². The van der Waals surface area contributed by atoms with Gasteiger partial charge in [0.2, 0.25) is 0 Å². The lowest BCUT2D eigenvalue weighted by molar-refractivity contribution is -0.139. The number of nitrogens with one attached hydrogen (secondary N) is 2. The number of ether oxygens (including phenoxy) is 1. The number of benzene rings is 2. The van der Waals surface area contributed by atoms with Crippen LogP contribution >= 0.6 is 0 Å². The maximum absolute atomic E-state index is 12.7. The minimum absolute atomic E-state index is 0.0365. The number of amides is 1. The summed E-state index contributed by atoms with van der Waals surface area (Å²) >= 11 is 0. The number of ketones is 1. The summed E-state index contributed by atoms with van der Waals surface area (Å²) in [7, 11) is 0. The van der Waals surface area contributed by atoms with Crippen molar-refractivity contribution < 1.29 is 24.2 Å². The number of rotatable bonds is 12. The molecule has 0 heterocycles. The van der Waals surface area contributed by atoms with Crippen molar-refractivity contribution in [2.75, 3.05) is 13.2 Å². The van der Waals surface area contributed by atoms with Crippen molar-refractivity contribution in [1.29, 1.82) is 0 Å². The lowest BCUT2D eigenvalue weighted by atomic mass is 9.98. The number of aliphatic carboxylic acids is 1. The maximum Gasteiger partial charge on any atom is 0.408 e. The molecule has 30 heavy (non-hydrogen) atoms. The lowest BCUT2D eigenvalue weighted by Gasteiger charge is -2.21. The Labute approximate surface area is 175 Å². The molecule has 158 valence electrons. The molecule has 0 aromatic heterocycles. The van der Waals surface area contributed by atoms with E-state index < -0.39 is 30.3 Å². The molecule has 2 aromatic carbocycles. The van der Waals surface area contributed by atoms with Crippen LogP contribution in [0.5, 0.6) is 0 Å². The Kier molecular flexibility index (Phi) is 9.27. The van der Waals surface area contributed by atoms with Crippen LogP contribution in [0.15, 0.2) is 73.3 Å². The van der Waals surface area contributed by atoms with Crippen molar-refractivity contribution in [1.82, 2.24) is 10.6 Å². The van der Waals surface area contributed by atoms with Crippen LogP contribution in [0.3, 0.4) is 0 Å². The number of Topliss-reactive ketones (excluding diaryl/α,β-unsaturated/α-hetero) is 1. The molecule has 0 fully saturated rings. The Balaban J connectivity index is 2.06. The maximum atomic E-state index is 12.7. The van der Waals surface area contributed by atoms with Gasteiger partial charge < -0.3 is 20.5 Å². The highest BCUT2D eigenvalue weighted by molar-refractivity contribution is 5.92. The molecule has 0 aliphatic carbocycles. The summed E-state index contributed by atoms with van der Waals surface area (Å²) in [6.45, 7) is 3.29. The molecule has 0 aliphatic rings. The van der Waals surface area contributed by atoms with Gasteiger partial charge in [0.25, 0.3) is 0 Å². The predicted octanol–water partition coefficient (Wildman–Crippen LogP) is 2.88. The number of hydrogen-bond acceptors (Lipinski definition) is 5. The average Bonchev–Trinajstić information content (AvgIpc) is 2.75. The molecule has 0 radical (unpaired) electrons. The number of carboxylic acids is 1. The van der Waals surface area contributed by atoms with Crippen molar-refractivity contribution in [3.05, 3.63) is 84.4 Å². The van der Waals surface area contributed by atoms with E-state index in [1.165, 1.54) is 6.08 Å². The van der Waals surface area contributed by atoms with E-state index >= 15 is 0 Å². The first kappa shape index (κ1) is 22.8. The minimum Gasteiger partial charge on any atom is -0.481 e. The SMILES string of the molecule is C=CCOC(=O)N[C@@H](CC(=O)O)C(=O)CNC(Cc1ccccc1)c1ccccc1. The fourth-order valence-corrected chi connectivity index (χ4v) is 2.93. The van der Waals surface area contributed by atoms with E-state index in [9.17, 15) is 14.4 Å². The molecular formula is C23H26N2O5. The van der Waals surface area contributed by atoms with Crippen LogP contribution in [0.4, 0.5) is 4.79 Å². The van der Waals surface area contributed by atoms with Crippen LogP contribution in [0.25, 0.3) is 0 Å². The van der Waals surface area contributed by atoms with Gasteiger partial charge in [-0.1, -0.05) is 73.3 Å². The lowest BCUT2D eigenvalue weighted by Crippen LogP contribution is -2.46. The van der Waals surface area contributed by atoms with E-state index in [0.717, 1.165) is 11.1 Å². The van der Waals surface area contributed by atoms with Gasteiger partial charge in [-0.2, -0.15) is 0 Å².